The van der Waals surface area contributed by atoms with Crippen LogP contribution in [0, 0.1) is 0 Å². The SMILES string of the molecule is CC(C)(CCO)Nc1ncc(Br)cc1C(=O)O. The number of pyridine rings is 1. The van der Waals surface area contributed by atoms with Gasteiger partial charge in [0.05, 0.1) is 0 Å². The minimum atomic E-state index is -1.04. The number of anilines is 1. The molecule has 17 heavy (non-hydrogen) atoms. The van der Waals surface area contributed by atoms with Crippen molar-refractivity contribution in [2.24, 2.45) is 0 Å². The summed E-state index contributed by atoms with van der Waals surface area (Å²) in [4.78, 5) is 15.1. The van der Waals surface area contributed by atoms with Crippen molar-refractivity contribution >= 4 is 27.7 Å². The molecule has 0 spiro atoms. The monoisotopic (exact) mass is 302 g/mol. The maximum absolute atomic E-state index is 11.1. The number of aromatic carboxylic acids is 1. The second kappa shape index (κ2) is 5.46. The van der Waals surface area contributed by atoms with Crippen molar-refractivity contribution in [2.75, 3.05) is 11.9 Å². The standard InChI is InChI=1S/C11H15BrN2O3/c1-11(2,3-4-15)14-9-8(10(16)17)5-7(12)6-13-9/h5-6,15H,3-4H2,1-2H3,(H,13,14)(H,16,17). The van der Waals surface area contributed by atoms with Crippen molar-refractivity contribution in [3.8, 4) is 0 Å². The molecule has 0 fully saturated rings. The first kappa shape index (κ1) is 13.9. The van der Waals surface area contributed by atoms with Crippen LogP contribution in [0.25, 0.3) is 0 Å². The van der Waals surface area contributed by atoms with Crippen molar-refractivity contribution in [3.63, 3.8) is 0 Å². The molecule has 0 aliphatic rings. The zero-order chi connectivity index (χ0) is 13.1. The molecule has 3 N–H and O–H groups in total. The third-order valence-electron chi connectivity index (χ3n) is 2.28. The van der Waals surface area contributed by atoms with Gasteiger partial charge in [-0.1, -0.05) is 0 Å². The Hall–Kier alpha value is -1.14. The van der Waals surface area contributed by atoms with E-state index in [1.165, 1.54) is 12.3 Å². The lowest BCUT2D eigenvalue weighted by Gasteiger charge is -2.26. The predicted octanol–water partition coefficient (Wildman–Crippen LogP) is 2.12. The smallest absolute Gasteiger partial charge is 0.339 e. The molecule has 1 rings (SSSR count). The highest BCUT2D eigenvalue weighted by Crippen LogP contribution is 2.22. The van der Waals surface area contributed by atoms with Crippen LogP contribution in [0.1, 0.15) is 30.6 Å². The summed E-state index contributed by atoms with van der Waals surface area (Å²) in [5.74, 6) is -0.736. The van der Waals surface area contributed by atoms with Crippen LogP contribution in [0.3, 0.4) is 0 Å². The lowest BCUT2D eigenvalue weighted by atomic mass is 10.0. The molecule has 1 heterocycles. The van der Waals surface area contributed by atoms with Gasteiger partial charge >= 0.3 is 5.97 Å². The van der Waals surface area contributed by atoms with Crippen LogP contribution < -0.4 is 5.32 Å². The molecule has 1 aromatic rings. The number of aliphatic hydroxyl groups is 1. The molecule has 0 aromatic carbocycles. The first-order chi connectivity index (χ1) is 7.85. The van der Waals surface area contributed by atoms with Crippen LogP contribution in [0.4, 0.5) is 5.82 Å². The Balaban J connectivity index is 3.02. The summed E-state index contributed by atoms with van der Waals surface area (Å²) >= 11 is 3.18. The number of rotatable bonds is 5. The molecular weight excluding hydrogens is 288 g/mol. The molecule has 0 saturated carbocycles. The number of nitrogens with one attached hydrogen (secondary N) is 1. The summed E-state index contributed by atoms with van der Waals surface area (Å²) in [7, 11) is 0. The molecule has 0 atom stereocenters. The van der Waals surface area contributed by atoms with E-state index in [1.807, 2.05) is 13.8 Å². The Bertz CT molecular complexity index is 421. The molecule has 6 heteroatoms. The van der Waals surface area contributed by atoms with Crippen LogP contribution in [-0.4, -0.2) is 33.3 Å². The molecule has 0 bridgehead atoms. The van der Waals surface area contributed by atoms with Crippen molar-refractivity contribution in [1.82, 2.24) is 4.98 Å². The summed E-state index contributed by atoms with van der Waals surface area (Å²) in [6, 6.07) is 1.49. The zero-order valence-corrected chi connectivity index (χ0v) is 11.3. The van der Waals surface area contributed by atoms with E-state index in [2.05, 4.69) is 26.2 Å². The van der Waals surface area contributed by atoms with E-state index in [9.17, 15) is 4.79 Å². The Morgan fingerprint density at radius 2 is 2.24 bits per heavy atom. The maximum atomic E-state index is 11.1. The summed E-state index contributed by atoms with van der Waals surface area (Å²) in [5.41, 5.74) is -0.315. The van der Waals surface area contributed by atoms with Gasteiger partial charge in [0, 0.05) is 22.8 Å². The zero-order valence-electron chi connectivity index (χ0n) is 9.70. The van der Waals surface area contributed by atoms with E-state index in [1.54, 1.807) is 0 Å². The highest BCUT2D eigenvalue weighted by molar-refractivity contribution is 9.10. The molecule has 1 aromatic heterocycles. The number of aliphatic hydroxyl groups excluding tert-OH is 1. The van der Waals surface area contributed by atoms with Crippen LogP contribution in [0.15, 0.2) is 16.7 Å². The molecular formula is C11H15BrN2O3. The van der Waals surface area contributed by atoms with Gasteiger partial charge in [-0.25, -0.2) is 9.78 Å². The summed E-state index contributed by atoms with van der Waals surface area (Å²) in [6.45, 7) is 3.77. The van der Waals surface area contributed by atoms with Gasteiger partial charge in [-0.15, -0.1) is 0 Å². The summed E-state index contributed by atoms with van der Waals surface area (Å²) < 4.78 is 0.611. The first-order valence-electron chi connectivity index (χ1n) is 5.13. The number of hydrogen-bond acceptors (Lipinski definition) is 4. The Kier molecular flexibility index (Phi) is 4.47. The quantitative estimate of drug-likeness (QED) is 0.776. The van der Waals surface area contributed by atoms with Gasteiger partial charge < -0.3 is 15.5 Å². The second-order valence-corrected chi connectivity index (χ2v) is 5.25. The molecule has 5 nitrogen and oxygen atoms in total. The van der Waals surface area contributed by atoms with Crippen molar-refractivity contribution in [3.05, 3.63) is 22.3 Å². The van der Waals surface area contributed by atoms with Gasteiger partial charge in [-0.3, -0.25) is 0 Å². The number of nitrogens with zero attached hydrogens (tertiary/aromatic N) is 1. The Morgan fingerprint density at radius 1 is 1.59 bits per heavy atom. The number of hydrogen-bond donors (Lipinski definition) is 3. The highest BCUT2D eigenvalue weighted by Gasteiger charge is 2.21. The van der Waals surface area contributed by atoms with Crippen LogP contribution in [-0.2, 0) is 0 Å². The number of aromatic nitrogens is 1. The normalized spacial score (nSPS) is 11.3. The van der Waals surface area contributed by atoms with E-state index >= 15 is 0 Å². The minimum Gasteiger partial charge on any atom is -0.478 e. The summed E-state index contributed by atoms with van der Waals surface area (Å²) in [5, 5.41) is 21.0. The average molecular weight is 303 g/mol. The second-order valence-electron chi connectivity index (χ2n) is 4.34. The Labute approximate surface area is 108 Å². The van der Waals surface area contributed by atoms with E-state index in [0.717, 1.165) is 0 Å². The van der Waals surface area contributed by atoms with Crippen molar-refractivity contribution < 1.29 is 15.0 Å². The van der Waals surface area contributed by atoms with Gasteiger partial charge in [0.1, 0.15) is 11.4 Å². The van der Waals surface area contributed by atoms with Crippen molar-refractivity contribution in [1.29, 1.82) is 0 Å². The molecule has 0 radical (unpaired) electrons. The predicted molar refractivity (Wildman–Crippen MR) is 68.3 cm³/mol. The molecule has 0 amide bonds. The van der Waals surface area contributed by atoms with Gasteiger partial charge in [-0.05, 0) is 42.3 Å². The third kappa shape index (κ3) is 3.98. The van der Waals surface area contributed by atoms with E-state index in [-0.39, 0.29) is 12.2 Å². The highest BCUT2D eigenvalue weighted by atomic mass is 79.9. The molecule has 94 valence electrons. The number of carboxylic acids is 1. The lowest BCUT2D eigenvalue weighted by molar-refractivity contribution is 0.0697. The van der Waals surface area contributed by atoms with Gasteiger partial charge in [0.15, 0.2) is 0 Å². The number of carbonyl (C=O) groups is 1. The maximum Gasteiger partial charge on any atom is 0.339 e. The fraction of sp³-hybridized carbons (Fsp3) is 0.455. The molecule has 0 aliphatic heterocycles. The van der Waals surface area contributed by atoms with E-state index < -0.39 is 11.5 Å². The van der Waals surface area contributed by atoms with Gasteiger partial charge in [0.25, 0.3) is 0 Å². The Morgan fingerprint density at radius 3 is 2.76 bits per heavy atom. The van der Waals surface area contributed by atoms with Gasteiger partial charge in [-0.2, -0.15) is 0 Å². The summed E-state index contributed by atoms with van der Waals surface area (Å²) in [6.07, 6.45) is 2.04. The average Bonchev–Trinajstić information content (AvgIpc) is 2.20. The van der Waals surface area contributed by atoms with Gasteiger partial charge in [0.2, 0.25) is 0 Å². The van der Waals surface area contributed by atoms with Crippen LogP contribution in [0.2, 0.25) is 0 Å². The van der Waals surface area contributed by atoms with Crippen LogP contribution in [0.5, 0.6) is 0 Å². The first-order valence-corrected chi connectivity index (χ1v) is 5.93. The molecule has 0 aliphatic carbocycles. The fourth-order valence-corrected chi connectivity index (χ4v) is 1.70. The lowest BCUT2D eigenvalue weighted by Crippen LogP contribution is -2.33. The number of halogens is 1. The topological polar surface area (TPSA) is 82.5 Å². The largest absolute Gasteiger partial charge is 0.478 e. The van der Waals surface area contributed by atoms with Crippen LogP contribution >= 0.6 is 15.9 Å². The third-order valence-corrected chi connectivity index (χ3v) is 2.71. The molecule has 0 unspecified atom stereocenters. The van der Waals surface area contributed by atoms with E-state index in [0.29, 0.717) is 16.7 Å². The van der Waals surface area contributed by atoms with Crippen molar-refractivity contribution in [2.45, 2.75) is 25.8 Å². The fourth-order valence-electron chi connectivity index (χ4n) is 1.36. The van der Waals surface area contributed by atoms with E-state index in [4.69, 9.17) is 10.2 Å². The molecule has 0 saturated heterocycles. The number of carboxylic acid groups (broad SMARTS) is 1. The minimum absolute atomic E-state index is 0.0267.